The molecule has 0 rings (SSSR count). The fourth-order valence-electron chi connectivity index (χ4n) is 9.47. The van der Waals surface area contributed by atoms with Gasteiger partial charge in [-0.25, -0.2) is 0 Å². The van der Waals surface area contributed by atoms with E-state index in [2.05, 4.69) is 74.6 Å². The van der Waals surface area contributed by atoms with Crippen molar-refractivity contribution in [1.82, 2.24) is 0 Å². The van der Waals surface area contributed by atoms with Gasteiger partial charge < -0.3 is 27.9 Å². The largest absolute Gasteiger partial charge is 0.756 e. The zero-order chi connectivity index (χ0) is 57.0. The fraction of sp³-hybridized carbons (Fsp3) is 0.824. The predicted molar refractivity (Wildman–Crippen MR) is 333 cm³/mol. The van der Waals surface area contributed by atoms with Crippen LogP contribution < -0.4 is 4.89 Å². The van der Waals surface area contributed by atoms with Gasteiger partial charge in [0.05, 0.1) is 27.7 Å². The summed E-state index contributed by atoms with van der Waals surface area (Å²) in [6.45, 7) is 4.13. The van der Waals surface area contributed by atoms with Gasteiger partial charge in [0.15, 0.2) is 6.10 Å². The number of allylic oxidation sites excluding steroid dienone is 10. The van der Waals surface area contributed by atoms with Gasteiger partial charge in [-0.15, -0.1) is 0 Å². The minimum Gasteiger partial charge on any atom is -0.756 e. The normalized spacial score (nSPS) is 13.6. The van der Waals surface area contributed by atoms with Crippen LogP contribution in [0.3, 0.4) is 0 Å². The lowest BCUT2D eigenvalue weighted by molar-refractivity contribution is -0.870. The number of ether oxygens (including phenoxy) is 2. The van der Waals surface area contributed by atoms with Crippen LogP contribution in [0.25, 0.3) is 0 Å². The van der Waals surface area contributed by atoms with Crippen LogP contribution in [0.5, 0.6) is 0 Å². The fourth-order valence-corrected chi connectivity index (χ4v) is 10.2. The molecule has 0 aliphatic carbocycles. The van der Waals surface area contributed by atoms with Crippen LogP contribution in [0.1, 0.15) is 309 Å². The smallest absolute Gasteiger partial charge is 0.306 e. The molecule has 0 fully saturated rings. The quantitative estimate of drug-likeness (QED) is 0.0195. The maximum absolute atomic E-state index is 12.8. The Balaban J connectivity index is 3.84. The number of unbranched alkanes of at least 4 members (excludes halogenated alkanes) is 37. The molecule has 0 aliphatic heterocycles. The monoisotopic (exact) mass is 1120 g/mol. The summed E-state index contributed by atoms with van der Waals surface area (Å²) < 4.78 is 34.1. The minimum atomic E-state index is -4.63. The number of nitrogens with zero attached hydrogens (tertiary/aromatic N) is 1. The van der Waals surface area contributed by atoms with E-state index in [0.29, 0.717) is 17.4 Å². The Hall–Kier alpha value is -2.29. The zero-order valence-electron chi connectivity index (χ0n) is 51.9. The molecule has 2 atom stereocenters. The first kappa shape index (κ1) is 75.7. The number of rotatable bonds is 61. The number of carbonyl (C=O) groups excluding carboxylic acids is 2. The molecule has 0 spiro atoms. The van der Waals surface area contributed by atoms with E-state index in [1.807, 2.05) is 21.1 Å². The zero-order valence-corrected chi connectivity index (χ0v) is 52.8. The molecular weight excluding hydrogens is 990 g/mol. The summed E-state index contributed by atoms with van der Waals surface area (Å²) in [5.41, 5.74) is 0. The first-order valence-corrected chi connectivity index (χ1v) is 34.5. The number of phosphoric ester groups is 1. The molecule has 2 unspecified atom stereocenters. The first-order valence-electron chi connectivity index (χ1n) is 33.0. The summed E-state index contributed by atoms with van der Waals surface area (Å²) in [4.78, 5) is 37.8. The standard InChI is InChI=1S/C68H126NO8P/c1-6-8-10-12-14-16-18-20-21-22-23-24-25-26-27-28-29-30-31-32-33-34-35-36-37-38-39-40-41-42-43-44-45-46-47-49-51-53-55-57-59-61-68(71)77-66(65-76-78(72,73)75-63-62-69(3,4)5)64-74-67(70)60-58-56-54-52-50-48-19-17-15-13-11-9-7-2/h8,10,14,16-17,19-21,23-24,66H,6-7,9,11-13,15,18,22,25-65H2,1-5H3/b10-8-,16-14-,19-17-,21-20-,24-23-. The first-order chi connectivity index (χ1) is 38.0. The Morgan fingerprint density at radius 1 is 0.410 bits per heavy atom. The lowest BCUT2D eigenvalue weighted by atomic mass is 10.0. The molecule has 0 radical (unpaired) electrons. The summed E-state index contributed by atoms with van der Waals surface area (Å²) in [7, 11) is 1.17. The van der Waals surface area contributed by atoms with Crippen LogP contribution in [0.2, 0.25) is 0 Å². The van der Waals surface area contributed by atoms with Crippen molar-refractivity contribution in [3.63, 3.8) is 0 Å². The molecule has 0 aromatic carbocycles. The van der Waals surface area contributed by atoms with E-state index in [1.54, 1.807) is 0 Å². The van der Waals surface area contributed by atoms with E-state index in [1.165, 1.54) is 199 Å². The van der Waals surface area contributed by atoms with Gasteiger partial charge in [0.25, 0.3) is 7.82 Å². The second kappa shape index (κ2) is 59.3. The van der Waals surface area contributed by atoms with Crippen LogP contribution in [-0.2, 0) is 32.7 Å². The molecule has 9 nitrogen and oxygen atoms in total. The van der Waals surface area contributed by atoms with Crippen molar-refractivity contribution in [2.75, 3.05) is 47.5 Å². The Labute approximate surface area is 483 Å². The van der Waals surface area contributed by atoms with Gasteiger partial charge in [-0.2, -0.15) is 0 Å². The number of carbonyl (C=O) groups is 2. The summed E-state index contributed by atoms with van der Waals surface area (Å²) in [6, 6.07) is 0. The molecule has 0 bridgehead atoms. The van der Waals surface area contributed by atoms with Crippen molar-refractivity contribution in [3.05, 3.63) is 60.8 Å². The Morgan fingerprint density at radius 2 is 0.731 bits per heavy atom. The van der Waals surface area contributed by atoms with Crippen molar-refractivity contribution in [2.24, 2.45) is 0 Å². The van der Waals surface area contributed by atoms with E-state index in [4.69, 9.17) is 18.5 Å². The summed E-state index contributed by atoms with van der Waals surface area (Å²) in [5.74, 6) is -0.831. The topological polar surface area (TPSA) is 111 Å². The van der Waals surface area contributed by atoms with Crippen LogP contribution in [0, 0.1) is 0 Å². The van der Waals surface area contributed by atoms with Gasteiger partial charge in [0, 0.05) is 12.8 Å². The summed E-state index contributed by atoms with van der Waals surface area (Å²) in [5, 5.41) is 0. The second-order valence-electron chi connectivity index (χ2n) is 23.5. The van der Waals surface area contributed by atoms with Gasteiger partial charge in [0.1, 0.15) is 19.8 Å². The van der Waals surface area contributed by atoms with Crippen molar-refractivity contribution in [3.8, 4) is 0 Å². The molecule has 0 aromatic heterocycles. The Morgan fingerprint density at radius 3 is 1.10 bits per heavy atom. The number of quaternary nitrogens is 1. The van der Waals surface area contributed by atoms with Crippen LogP contribution in [0.4, 0.5) is 0 Å². The molecule has 456 valence electrons. The van der Waals surface area contributed by atoms with Crippen molar-refractivity contribution in [2.45, 2.75) is 315 Å². The van der Waals surface area contributed by atoms with E-state index in [0.717, 1.165) is 77.0 Å². The van der Waals surface area contributed by atoms with E-state index >= 15 is 0 Å². The highest BCUT2D eigenvalue weighted by Gasteiger charge is 2.22. The number of esters is 2. The van der Waals surface area contributed by atoms with Gasteiger partial charge in [-0.1, -0.05) is 280 Å². The number of phosphoric acid groups is 1. The molecule has 78 heavy (non-hydrogen) atoms. The summed E-state index contributed by atoms with van der Waals surface area (Å²) in [6.07, 6.45) is 77.5. The Bertz CT molecular complexity index is 1500. The molecule has 0 aliphatic rings. The second-order valence-corrected chi connectivity index (χ2v) is 24.9. The van der Waals surface area contributed by atoms with Crippen LogP contribution in [0.15, 0.2) is 60.8 Å². The van der Waals surface area contributed by atoms with Crippen LogP contribution >= 0.6 is 7.82 Å². The van der Waals surface area contributed by atoms with Crippen molar-refractivity contribution < 1.29 is 42.1 Å². The van der Waals surface area contributed by atoms with E-state index in [9.17, 15) is 19.0 Å². The number of hydrogen-bond donors (Lipinski definition) is 0. The molecule has 0 saturated carbocycles. The number of likely N-dealkylation sites (N-methyl/N-ethyl adjacent to an activating group) is 1. The van der Waals surface area contributed by atoms with Gasteiger partial charge in [0.2, 0.25) is 0 Å². The lowest BCUT2D eigenvalue weighted by Gasteiger charge is -2.28. The average molecular weight is 1120 g/mol. The molecule has 0 heterocycles. The number of hydrogen-bond acceptors (Lipinski definition) is 8. The molecule has 0 saturated heterocycles. The van der Waals surface area contributed by atoms with Crippen LogP contribution in [-0.4, -0.2) is 70.0 Å². The minimum absolute atomic E-state index is 0.0305. The maximum Gasteiger partial charge on any atom is 0.306 e. The predicted octanol–water partition coefficient (Wildman–Crippen LogP) is 20.4. The van der Waals surface area contributed by atoms with Gasteiger partial charge in [-0.3, -0.25) is 14.2 Å². The lowest BCUT2D eigenvalue weighted by Crippen LogP contribution is -2.37. The molecular formula is C68H126NO8P. The highest BCUT2D eigenvalue weighted by Crippen LogP contribution is 2.38. The van der Waals surface area contributed by atoms with Crippen molar-refractivity contribution >= 4 is 19.8 Å². The third-order valence-electron chi connectivity index (χ3n) is 14.5. The molecule has 10 heteroatoms. The highest BCUT2D eigenvalue weighted by atomic mass is 31.2. The third-order valence-corrected chi connectivity index (χ3v) is 15.5. The molecule has 0 aromatic rings. The maximum atomic E-state index is 12.8. The van der Waals surface area contributed by atoms with Gasteiger partial charge >= 0.3 is 11.9 Å². The van der Waals surface area contributed by atoms with E-state index in [-0.39, 0.29) is 32.0 Å². The molecule has 0 N–H and O–H groups in total. The highest BCUT2D eigenvalue weighted by molar-refractivity contribution is 7.45. The van der Waals surface area contributed by atoms with Gasteiger partial charge in [-0.05, 0) is 77.0 Å². The third kappa shape index (κ3) is 62.9. The average Bonchev–Trinajstić information content (AvgIpc) is 3.40. The van der Waals surface area contributed by atoms with Crippen molar-refractivity contribution in [1.29, 1.82) is 0 Å². The summed E-state index contributed by atoms with van der Waals surface area (Å²) >= 11 is 0. The SMILES string of the molecule is CC/C=C\C/C=C\C/C=C\C/C=C\CCCCCCCCCCCCCCCCCCCCCCCCCCCCCCC(=O)OC(COC(=O)CCCCCCC/C=C\CCCCCC)COP(=O)([O-])OCC[N+](C)(C)C. The molecule has 0 amide bonds. The Kier molecular flexibility index (Phi) is 57.6. The van der Waals surface area contributed by atoms with E-state index < -0.39 is 26.5 Å².